The fourth-order valence-electron chi connectivity index (χ4n) is 2.01. The number of hydrogen-bond donors (Lipinski definition) is 0. The van der Waals surface area contributed by atoms with Crippen LogP contribution in [-0.2, 0) is 6.54 Å². The van der Waals surface area contributed by atoms with E-state index < -0.39 is 0 Å². The molecule has 2 heterocycles. The molecule has 0 atom stereocenters. The van der Waals surface area contributed by atoms with Crippen molar-refractivity contribution in [2.24, 2.45) is 0 Å². The molecular weight excluding hydrogens is 298 g/mol. The Bertz CT molecular complexity index is 512. The van der Waals surface area contributed by atoms with E-state index in [2.05, 4.69) is 50.5 Å². The maximum absolute atomic E-state index is 5.69. The summed E-state index contributed by atoms with van der Waals surface area (Å²) in [7, 11) is 0. The normalized spacial score (nSPS) is 14.3. The highest BCUT2D eigenvalue weighted by Gasteiger charge is 2.18. The van der Waals surface area contributed by atoms with Crippen LogP contribution in [0.3, 0.4) is 0 Å². The predicted octanol–water partition coefficient (Wildman–Crippen LogP) is 3.91. The Labute approximate surface area is 113 Å². The molecule has 0 spiro atoms. The second-order valence-corrected chi connectivity index (χ2v) is 5.91. The zero-order chi connectivity index (χ0) is 11.7. The van der Waals surface area contributed by atoms with Crippen molar-refractivity contribution in [1.82, 2.24) is 0 Å². The molecule has 0 saturated carbocycles. The van der Waals surface area contributed by atoms with Crippen LogP contribution in [0.2, 0.25) is 0 Å². The third-order valence-electron chi connectivity index (χ3n) is 2.81. The molecule has 0 radical (unpaired) electrons. The van der Waals surface area contributed by atoms with Crippen molar-refractivity contribution in [3.63, 3.8) is 0 Å². The lowest BCUT2D eigenvalue weighted by Gasteiger charge is -2.31. The van der Waals surface area contributed by atoms with E-state index in [-0.39, 0.29) is 0 Å². The Morgan fingerprint density at radius 1 is 1.35 bits per heavy atom. The summed E-state index contributed by atoms with van der Waals surface area (Å²) in [6.07, 6.45) is 0. The van der Waals surface area contributed by atoms with E-state index in [1.165, 1.54) is 10.6 Å². The molecule has 0 saturated heterocycles. The molecule has 0 aliphatic carbocycles. The van der Waals surface area contributed by atoms with Crippen LogP contribution in [-0.4, -0.2) is 13.2 Å². The Morgan fingerprint density at radius 2 is 2.29 bits per heavy atom. The van der Waals surface area contributed by atoms with Gasteiger partial charge in [0.15, 0.2) is 0 Å². The van der Waals surface area contributed by atoms with Gasteiger partial charge in [-0.15, -0.1) is 11.3 Å². The lowest BCUT2D eigenvalue weighted by molar-refractivity contribution is 0.307. The van der Waals surface area contributed by atoms with Crippen molar-refractivity contribution in [1.29, 1.82) is 0 Å². The zero-order valence-corrected chi connectivity index (χ0v) is 11.6. The molecule has 0 bridgehead atoms. The molecule has 2 aromatic rings. The van der Waals surface area contributed by atoms with Crippen LogP contribution < -0.4 is 9.64 Å². The minimum Gasteiger partial charge on any atom is -0.490 e. The fourth-order valence-corrected chi connectivity index (χ4v) is 3.07. The fraction of sp³-hybridized carbons (Fsp3) is 0.231. The van der Waals surface area contributed by atoms with E-state index in [9.17, 15) is 0 Å². The molecule has 3 rings (SSSR count). The molecule has 0 fully saturated rings. The molecule has 0 unspecified atom stereocenters. The van der Waals surface area contributed by atoms with Crippen molar-refractivity contribution in [2.45, 2.75) is 6.54 Å². The number of thiophene rings is 1. The van der Waals surface area contributed by atoms with Crippen molar-refractivity contribution in [2.75, 3.05) is 18.1 Å². The second-order valence-electron chi connectivity index (χ2n) is 3.96. The lowest BCUT2D eigenvalue weighted by Crippen LogP contribution is -2.31. The zero-order valence-electron chi connectivity index (χ0n) is 9.23. The SMILES string of the molecule is Brc1ccc2c(c1)OCCN2Cc1cccs1. The first kappa shape index (κ1) is 11.1. The van der Waals surface area contributed by atoms with Crippen LogP contribution in [0.5, 0.6) is 5.75 Å². The Balaban J connectivity index is 1.89. The Morgan fingerprint density at radius 3 is 3.12 bits per heavy atom. The van der Waals surface area contributed by atoms with Crippen molar-refractivity contribution < 1.29 is 4.74 Å². The average molecular weight is 310 g/mol. The average Bonchev–Trinajstić information content (AvgIpc) is 2.82. The molecule has 17 heavy (non-hydrogen) atoms. The molecule has 88 valence electrons. The number of hydrogen-bond acceptors (Lipinski definition) is 3. The van der Waals surface area contributed by atoms with E-state index in [1.807, 2.05) is 6.07 Å². The summed E-state index contributed by atoms with van der Waals surface area (Å²) in [5.41, 5.74) is 1.19. The highest BCUT2D eigenvalue weighted by Crippen LogP contribution is 2.35. The topological polar surface area (TPSA) is 12.5 Å². The van der Waals surface area contributed by atoms with E-state index in [1.54, 1.807) is 11.3 Å². The maximum atomic E-state index is 5.69. The Kier molecular flexibility index (Phi) is 3.07. The smallest absolute Gasteiger partial charge is 0.143 e. The van der Waals surface area contributed by atoms with Gasteiger partial charge in [-0.1, -0.05) is 22.0 Å². The van der Waals surface area contributed by atoms with Gasteiger partial charge in [-0.05, 0) is 29.6 Å². The van der Waals surface area contributed by atoms with Crippen molar-refractivity contribution in [3.8, 4) is 5.75 Å². The molecule has 1 aliphatic heterocycles. The van der Waals surface area contributed by atoms with Crippen LogP contribution in [0.4, 0.5) is 5.69 Å². The predicted molar refractivity (Wildman–Crippen MR) is 75.0 cm³/mol. The van der Waals surface area contributed by atoms with Gasteiger partial charge in [0.2, 0.25) is 0 Å². The first-order valence-corrected chi connectivity index (χ1v) is 7.20. The number of fused-ring (bicyclic) bond motifs is 1. The molecule has 1 aromatic carbocycles. The Hall–Kier alpha value is -1.000. The molecule has 4 heteroatoms. The third kappa shape index (κ3) is 2.33. The van der Waals surface area contributed by atoms with Gasteiger partial charge in [0, 0.05) is 9.35 Å². The quantitative estimate of drug-likeness (QED) is 0.834. The summed E-state index contributed by atoms with van der Waals surface area (Å²) in [4.78, 5) is 3.76. The van der Waals surface area contributed by atoms with Gasteiger partial charge in [0.25, 0.3) is 0 Å². The number of ether oxygens (including phenoxy) is 1. The van der Waals surface area contributed by atoms with Gasteiger partial charge in [0.1, 0.15) is 12.4 Å². The monoisotopic (exact) mass is 309 g/mol. The number of rotatable bonds is 2. The lowest BCUT2D eigenvalue weighted by atomic mass is 10.2. The van der Waals surface area contributed by atoms with Gasteiger partial charge in [0.05, 0.1) is 18.8 Å². The van der Waals surface area contributed by atoms with Crippen LogP contribution in [0.25, 0.3) is 0 Å². The number of halogens is 1. The maximum Gasteiger partial charge on any atom is 0.143 e. The molecule has 1 aromatic heterocycles. The van der Waals surface area contributed by atoms with Gasteiger partial charge in [-0.25, -0.2) is 0 Å². The molecule has 0 amide bonds. The first-order chi connectivity index (χ1) is 8.33. The van der Waals surface area contributed by atoms with Crippen LogP contribution >= 0.6 is 27.3 Å². The molecule has 2 nitrogen and oxygen atoms in total. The highest BCUT2D eigenvalue weighted by atomic mass is 79.9. The van der Waals surface area contributed by atoms with Gasteiger partial charge >= 0.3 is 0 Å². The van der Waals surface area contributed by atoms with Crippen LogP contribution in [0, 0.1) is 0 Å². The number of anilines is 1. The summed E-state index contributed by atoms with van der Waals surface area (Å²) < 4.78 is 6.75. The van der Waals surface area contributed by atoms with Gasteiger partial charge in [-0.3, -0.25) is 0 Å². The van der Waals surface area contributed by atoms with Gasteiger partial charge in [-0.2, -0.15) is 0 Å². The summed E-state index contributed by atoms with van der Waals surface area (Å²) in [5.74, 6) is 0.974. The molecule has 1 aliphatic rings. The summed E-state index contributed by atoms with van der Waals surface area (Å²) in [6.45, 7) is 2.68. The third-order valence-corrected chi connectivity index (χ3v) is 4.16. The van der Waals surface area contributed by atoms with Crippen LogP contribution in [0.1, 0.15) is 4.88 Å². The van der Waals surface area contributed by atoms with Crippen molar-refractivity contribution in [3.05, 3.63) is 45.1 Å². The first-order valence-electron chi connectivity index (χ1n) is 5.52. The minimum absolute atomic E-state index is 0.759. The van der Waals surface area contributed by atoms with Gasteiger partial charge < -0.3 is 9.64 Å². The minimum atomic E-state index is 0.759. The van der Waals surface area contributed by atoms with E-state index >= 15 is 0 Å². The van der Waals surface area contributed by atoms with E-state index in [0.29, 0.717) is 0 Å². The highest BCUT2D eigenvalue weighted by molar-refractivity contribution is 9.10. The van der Waals surface area contributed by atoms with E-state index in [4.69, 9.17) is 4.74 Å². The van der Waals surface area contributed by atoms with Crippen molar-refractivity contribution >= 4 is 33.0 Å². The van der Waals surface area contributed by atoms with Crippen LogP contribution in [0.15, 0.2) is 40.2 Å². The number of nitrogens with zero attached hydrogens (tertiary/aromatic N) is 1. The van der Waals surface area contributed by atoms with E-state index in [0.717, 1.165) is 29.9 Å². The standard InChI is InChI=1S/C13H12BrNOS/c14-10-3-4-12-13(8-10)16-6-5-15(12)9-11-2-1-7-17-11/h1-4,7-8H,5-6,9H2. The summed E-state index contributed by atoms with van der Waals surface area (Å²) in [5, 5.41) is 2.12. The largest absolute Gasteiger partial charge is 0.490 e. The number of benzene rings is 1. The molecule has 0 N–H and O–H groups in total. The second kappa shape index (κ2) is 4.70. The summed E-state index contributed by atoms with van der Waals surface area (Å²) >= 11 is 5.28. The summed E-state index contributed by atoms with van der Waals surface area (Å²) in [6, 6.07) is 10.5. The molecular formula is C13H12BrNOS.